The van der Waals surface area contributed by atoms with Crippen molar-refractivity contribution in [2.75, 3.05) is 19.6 Å². The minimum Gasteiger partial charge on any atom is -0.314 e. The summed E-state index contributed by atoms with van der Waals surface area (Å²) in [6.07, 6.45) is 2.49. The van der Waals surface area contributed by atoms with Gasteiger partial charge in [0.25, 0.3) is 0 Å². The van der Waals surface area contributed by atoms with E-state index in [4.69, 9.17) is 11.6 Å². The second kappa shape index (κ2) is 6.40. The highest BCUT2D eigenvalue weighted by Crippen LogP contribution is 2.27. The molecular weight excluding hydrogens is 286 g/mol. The minimum atomic E-state index is -0.262. The van der Waals surface area contributed by atoms with Crippen LogP contribution >= 0.6 is 24.0 Å². The molecule has 2 atom stereocenters. The fourth-order valence-corrected chi connectivity index (χ4v) is 3.38. The second-order valence-corrected chi connectivity index (χ2v) is 5.78. The monoisotopic (exact) mass is 304 g/mol. The van der Waals surface area contributed by atoms with E-state index in [9.17, 15) is 4.39 Å². The molecule has 2 saturated heterocycles. The number of likely N-dealkylation sites (tertiary alicyclic amines) is 1. The summed E-state index contributed by atoms with van der Waals surface area (Å²) in [7, 11) is 0. The molecule has 106 valence electrons. The lowest BCUT2D eigenvalue weighted by molar-refractivity contribution is 0.156. The second-order valence-electron chi connectivity index (χ2n) is 5.37. The van der Waals surface area contributed by atoms with E-state index < -0.39 is 0 Å². The van der Waals surface area contributed by atoms with Crippen LogP contribution in [-0.2, 0) is 6.54 Å². The van der Waals surface area contributed by atoms with Gasteiger partial charge in [-0.05, 0) is 49.5 Å². The Kier molecular flexibility index (Phi) is 5.07. The van der Waals surface area contributed by atoms with E-state index in [0.717, 1.165) is 37.7 Å². The zero-order valence-electron chi connectivity index (χ0n) is 10.7. The Balaban J connectivity index is 0.00000133. The van der Waals surface area contributed by atoms with Gasteiger partial charge in [-0.15, -0.1) is 12.4 Å². The van der Waals surface area contributed by atoms with Crippen molar-refractivity contribution < 1.29 is 4.39 Å². The van der Waals surface area contributed by atoms with Gasteiger partial charge in [0.05, 0.1) is 0 Å². The summed E-state index contributed by atoms with van der Waals surface area (Å²) in [5.41, 5.74) is 1.03. The first kappa shape index (κ1) is 15.0. The van der Waals surface area contributed by atoms with Crippen LogP contribution in [0.15, 0.2) is 18.2 Å². The maximum Gasteiger partial charge on any atom is 0.124 e. The van der Waals surface area contributed by atoms with Gasteiger partial charge < -0.3 is 5.32 Å². The van der Waals surface area contributed by atoms with Crippen molar-refractivity contribution in [1.82, 2.24) is 10.2 Å². The molecule has 0 bridgehead atoms. The van der Waals surface area contributed by atoms with Crippen LogP contribution in [0.5, 0.6) is 0 Å². The molecule has 3 rings (SSSR count). The average molecular weight is 305 g/mol. The van der Waals surface area contributed by atoms with Crippen molar-refractivity contribution in [2.24, 2.45) is 5.92 Å². The van der Waals surface area contributed by atoms with Crippen LogP contribution in [0.25, 0.3) is 0 Å². The first-order chi connectivity index (χ1) is 8.72. The number of nitrogens with zero attached hydrogens (tertiary/aromatic N) is 1. The Morgan fingerprint density at radius 3 is 3.00 bits per heavy atom. The summed E-state index contributed by atoms with van der Waals surface area (Å²) in [4.78, 5) is 2.44. The zero-order valence-corrected chi connectivity index (χ0v) is 12.3. The van der Waals surface area contributed by atoms with E-state index >= 15 is 0 Å². The summed E-state index contributed by atoms with van der Waals surface area (Å²) >= 11 is 6.08. The number of hydrogen-bond acceptors (Lipinski definition) is 2. The van der Waals surface area contributed by atoms with Crippen LogP contribution in [-0.4, -0.2) is 30.6 Å². The van der Waals surface area contributed by atoms with Crippen LogP contribution < -0.4 is 5.32 Å². The number of rotatable bonds is 2. The third kappa shape index (κ3) is 3.40. The molecule has 0 aromatic heterocycles. The van der Waals surface area contributed by atoms with Crippen LogP contribution in [0.3, 0.4) is 0 Å². The topological polar surface area (TPSA) is 15.3 Å². The quantitative estimate of drug-likeness (QED) is 0.903. The largest absolute Gasteiger partial charge is 0.314 e. The average Bonchev–Trinajstić information content (AvgIpc) is 2.80. The van der Waals surface area contributed by atoms with Crippen molar-refractivity contribution in [2.45, 2.75) is 25.4 Å². The van der Waals surface area contributed by atoms with Crippen molar-refractivity contribution >= 4 is 24.0 Å². The first-order valence-electron chi connectivity index (χ1n) is 6.62. The van der Waals surface area contributed by atoms with E-state index in [1.807, 2.05) is 0 Å². The zero-order chi connectivity index (χ0) is 12.5. The molecule has 5 heteroatoms. The highest BCUT2D eigenvalue weighted by Gasteiger charge is 2.32. The predicted molar refractivity (Wildman–Crippen MR) is 78.4 cm³/mol. The molecule has 0 spiro atoms. The van der Waals surface area contributed by atoms with Crippen LogP contribution in [0.4, 0.5) is 4.39 Å². The molecule has 1 N–H and O–H groups in total. The summed E-state index contributed by atoms with van der Waals surface area (Å²) in [6.45, 7) is 4.22. The number of piperidine rings is 1. The number of nitrogens with one attached hydrogen (secondary N) is 1. The van der Waals surface area contributed by atoms with E-state index in [1.165, 1.54) is 25.0 Å². The summed E-state index contributed by atoms with van der Waals surface area (Å²) in [6, 6.07) is 5.41. The SMILES string of the molecule is Cl.Fc1ccc(CN2CCC3NCCC3C2)c(Cl)c1. The van der Waals surface area contributed by atoms with Gasteiger partial charge in [0.2, 0.25) is 0 Å². The lowest BCUT2D eigenvalue weighted by Gasteiger charge is -2.35. The van der Waals surface area contributed by atoms with Crippen LogP contribution in [0.1, 0.15) is 18.4 Å². The Labute approximate surface area is 124 Å². The van der Waals surface area contributed by atoms with Gasteiger partial charge >= 0.3 is 0 Å². The standard InChI is InChI=1S/C14H18ClFN2.ClH/c15-13-7-12(16)2-1-10(13)8-18-6-4-14-11(9-18)3-5-17-14;/h1-2,7,11,14,17H,3-6,8-9H2;1H. The molecule has 0 aliphatic carbocycles. The molecule has 0 saturated carbocycles. The van der Waals surface area contributed by atoms with Crippen molar-refractivity contribution in [3.05, 3.63) is 34.6 Å². The fraction of sp³-hybridized carbons (Fsp3) is 0.571. The summed E-state index contributed by atoms with van der Waals surface area (Å²) in [5, 5.41) is 4.10. The van der Waals surface area contributed by atoms with Gasteiger partial charge in [-0.1, -0.05) is 17.7 Å². The van der Waals surface area contributed by atoms with Gasteiger partial charge in [0, 0.05) is 24.2 Å². The van der Waals surface area contributed by atoms with E-state index in [0.29, 0.717) is 11.1 Å². The lowest BCUT2D eigenvalue weighted by atomic mass is 9.93. The highest BCUT2D eigenvalue weighted by atomic mass is 35.5. The molecule has 2 aliphatic rings. The smallest absolute Gasteiger partial charge is 0.124 e. The Morgan fingerprint density at radius 2 is 2.21 bits per heavy atom. The normalized spacial score (nSPS) is 26.8. The highest BCUT2D eigenvalue weighted by molar-refractivity contribution is 6.31. The molecule has 1 aromatic rings. The van der Waals surface area contributed by atoms with Crippen molar-refractivity contribution in [3.63, 3.8) is 0 Å². The van der Waals surface area contributed by atoms with Gasteiger partial charge in [0.15, 0.2) is 0 Å². The van der Waals surface area contributed by atoms with Crippen LogP contribution in [0.2, 0.25) is 5.02 Å². The Morgan fingerprint density at radius 1 is 1.37 bits per heavy atom. The van der Waals surface area contributed by atoms with Crippen molar-refractivity contribution in [1.29, 1.82) is 0 Å². The number of benzene rings is 1. The third-order valence-corrected chi connectivity index (χ3v) is 4.50. The molecule has 2 unspecified atom stereocenters. The first-order valence-corrected chi connectivity index (χ1v) is 7.00. The van der Waals surface area contributed by atoms with E-state index in [2.05, 4.69) is 10.2 Å². The van der Waals surface area contributed by atoms with E-state index in [-0.39, 0.29) is 18.2 Å². The predicted octanol–water partition coefficient (Wildman–Crippen LogP) is 3.08. The van der Waals surface area contributed by atoms with Gasteiger partial charge in [-0.3, -0.25) is 4.90 Å². The minimum absolute atomic E-state index is 0. The maximum absolute atomic E-state index is 13.0. The summed E-state index contributed by atoms with van der Waals surface area (Å²) < 4.78 is 13.0. The fourth-order valence-electron chi connectivity index (χ4n) is 3.16. The third-order valence-electron chi connectivity index (χ3n) is 4.15. The molecule has 19 heavy (non-hydrogen) atoms. The van der Waals surface area contributed by atoms with Gasteiger partial charge in [0.1, 0.15) is 5.82 Å². The Bertz CT molecular complexity index is 441. The molecule has 0 amide bonds. The molecule has 2 heterocycles. The van der Waals surface area contributed by atoms with Gasteiger partial charge in [-0.25, -0.2) is 4.39 Å². The lowest BCUT2D eigenvalue weighted by Crippen LogP contribution is -2.43. The Hall–Kier alpha value is -0.350. The molecule has 2 aliphatic heterocycles. The molecule has 1 aromatic carbocycles. The van der Waals surface area contributed by atoms with Crippen LogP contribution in [0, 0.1) is 11.7 Å². The molecule has 2 fully saturated rings. The molecular formula is C14H19Cl2FN2. The number of halogens is 3. The van der Waals surface area contributed by atoms with Crippen molar-refractivity contribution in [3.8, 4) is 0 Å². The van der Waals surface area contributed by atoms with E-state index in [1.54, 1.807) is 6.07 Å². The number of hydrogen-bond donors (Lipinski definition) is 1. The van der Waals surface area contributed by atoms with Gasteiger partial charge in [-0.2, -0.15) is 0 Å². The summed E-state index contributed by atoms with van der Waals surface area (Å²) in [5.74, 6) is 0.514. The number of fused-ring (bicyclic) bond motifs is 1. The molecule has 0 radical (unpaired) electrons. The molecule has 2 nitrogen and oxygen atoms in total. The maximum atomic E-state index is 13.0.